The minimum absolute atomic E-state index is 0.646. The normalized spacial score (nSPS) is 16.8. The van der Waals surface area contributed by atoms with Crippen molar-refractivity contribution >= 4 is 5.57 Å². The highest BCUT2D eigenvalue weighted by atomic mass is 14.9. The first kappa shape index (κ1) is 12.9. The molecule has 2 aromatic rings. The van der Waals surface area contributed by atoms with E-state index in [1.54, 1.807) is 0 Å². The van der Waals surface area contributed by atoms with Crippen LogP contribution in [0.15, 0.2) is 72.8 Å². The standard InChI is InChI=1S/C18H18N2/c19-18(20)12-6-9-15(13-18)17-11-5-4-10-16(17)14-7-2-1-3-8-14/h1-12H,13,19-20H2. The predicted molar refractivity (Wildman–Crippen MR) is 84.7 cm³/mol. The number of hydrogen-bond acceptors (Lipinski definition) is 2. The van der Waals surface area contributed by atoms with Crippen molar-refractivity contribution in [1.29, 1.82) is 0 Å². The lowest BCUT2D eigenvalue weighted by atomic mass is 9.87. The number of nitrogens with two attached hydrogens (primary N) is 2. The van der Waals surface area contributed by atoms with E-state index in [0.717, 1.165) is 0 Å². The molecule has 0 radical (unpaired) electrons. The molecule has 0 heterocycles. The Hall–Kier alpha value is -2.16. The molecule has 0 saturated heterocycles. The van der Waals surface area contributed by atoms with Gasteiger partial charge in [0.1, 0.15) is 0 Å². The van der Waals surface area contributed by atoms with E-state index >= 15 is 0 Å². The minimum atomic E-state index is -0.756. The number of hydrogen-bond donors (Lipinski definition) is 2. The third-order valence-corrected chi connectivity index (χ3v) is 3.56. The minimum Gasteiger partial charge on any atom is -0.310 e. The van der Waals surface area contributed by atoms with Crippen LogP contribution in [0, 0.1) is 0 Å². The zero-order valence-corrected chi connectivity index (χ0v) is 11.3. The average Bonchev–Trinajstić information content (AvgIpc) is 2.47. The lowest BCUT2D eigenvalue weighted by Crippen LogP contribution is -2.48. The maximum absolute atomic E-state index is 6.04. The van der Waals surface area contributed by atoms with Crippen LogP contribution in [-0.2, 0) is 0 Å². The molecule has 100 valence electrons. The molecule has 2 heteroatoms. The second kappa shape index (κ2) is 5.08. The molecule has 0 atom stereocenters. The molecule has 0 spiro atoms. The van der Waals surface area contributed by atoms with Crippen molar-refractivity contribution in [2.75, 3.05) is 0 Å². The van der Waals surface area contributed by atoms with E-state index in [2.05, 4.69) is 54.6 Å². The lowest BCUT2D eigenvalue weighted by molar-refractivity contribution is 0.565. The van der Waals surface area contributed by atoms with Gasteiger partial charge in [0.25, 0.3) is 0 Å². The fourth-order valence-corrected chi connectivity index (χ4v) is 2.61. The summed E-state index contributed by atoms with van der Waals surface area (Å²) in [5.74, 6) is 0. The summed E-state index contributed by atoms with van der Waals surface area (Å²) >= 11 is 0. The Kier molecular flexibility index (Phi) is 3.26. The second-order valence-electron chi connectivity index (χ2n) is 5.25. The van der Waals surface area contributed by atoms with E-state index in [9.17, 15) is 0 Å². The Labute approximate surface area is 119 Å². The summed E-state index contributed by atoms with van der Waals surface area (Å²) in [5.41, 5.74) is 16.1. The zero-order valence-electron chi connectivity index (χ0n) is 11.3. The highest BCUT2D eigenvalue weighted by molar-refractivity contribution is 5.83. The van der Waals surface area contributed by atoms with Gasteiger partial charge in [-0.15, -0.1) is 0 Å². The summed E-state index contributed by atoms with van der Waals surface area (Å²) in [5, 5.41) is 0. The van der Waals surface area contributed by atoms with E-state index < -0.39 is 5.66 Å². The molecule has 0 amide bonds. The number of benzene rings is 2. The van der Waals surface area contributed by atoms with E-state index in [1.807, 2.05) is 18.2 Å². The van der Waals surface area contributed by atoms with E-state index in [0.29, 0.717) is 6.42 Å². The van der Waals surface area contributed by atoms with Crippen molar-refractivity contribution in [3.05, 3.63) is 78.4 Å². The monoisotopic (exact) mass is 262 g/mol. The van der Waals surface area contributed by atoms with Crippen LogP contribution >= 0.6 is 0 Å². The first-order chi connectivity index (χ1) is 9.66. The largest absolute Gasteiger partial charge is 0.310 e. The van der Waals surface area contributed by atoms with E-state index in [-0.39, 0.29) is 0 Å². The molecule has 0 aromatic heterocycles. The first-order valence-electron chi connectivity index (χ1n) is 6.77. The summed E-state index contributed by atoms with van der Waals surface area (Å²) < 4.78 is 0. The molecule has 2 aromatic carbocycles. The molecule has 1 aliphatic rings. The topological polar surface area (TPSA) is 52.0 Å². The Morgan fingerprint density at radius 3 is 2.15 bits per heavy atom. The van der Waals surface area contributed by atoms with Gasteiger partial charge in [0, 0.05) is 6.42 Å². The van der Waals surface area contributed by atoms with Crippen molar-refractivity contribution in [1.82, 2.24) is 0 Å². The Bertz CT molecular complexity index is 667. The molecule has 0 bridgehead atoms. The van der Waals surface area contributed by atoms with Gasteiger partial charge in [-0.1, -0.05) is 72.8 Å². The zero-order chi connectivity index (χ0) is 14.0. The van der Waals surface area contributed by atoms with Crippen LogP contribution in [0.4, 0.5) is 0 Å². The SMILES string of the molecule is NC1(N)C=CC=C(c2ccccc2-c2ccccc2)C1. The molecule has 4 N–H and O–H groups in total. The molecule has 0 unspecified atom stereocenters. The van der Waals surface area contributed by atoms with Crippen molar-refractivity contribution < 1.29 is 0 Å². The summed E-state index contributed by atoms with van der Waals surface area (Å²) in [4.78, 5) is 0. The van der Waals surface area contributed by atoms with Crippen LogP contribution in [0.5, 0.6) is 0 Å². The Balaban J connectivity index is 2.08. The van der Waals surface area contributed by atoms with Crippen molar-refractivity contribution in [2.24, 2.45) is 11.5 Å². The van der Waals surface area contributed by atoms with Crippen LogP contribution in [0.2, 0.25) is 0 Å². The predicted octanol–water partition coefficient (Wildman–Crippen LogP) is 3.31. The molecule has 0 fully saturated rings. The molecule has 0 saturated carbocycles. The van der Waals surface area contributed by atoms with Gasteiger partial charge in [-0.25, -0.2) is 0 Å². The molecule has 20 heavy (non-hydrogen) atoms. The maximum atomic E-state index is 6.04. The maximum Gasteiger partial charge on any atom is 0.0872 e. The van der Waals surface area contributed by atoms with Gasteiger partial charge in [0.2, 0.25) is 0 Å². The van der Waals surface area contributed by atoms with Gasteiger partial charge in [-0.05, 0) is 22.3 Å². The van der Waals surface area contributed by atoms with Crippen LogP contribution in [0.3, 0.4) is 0 Å². The van der Waals surface area contributed by atoms with Crippen LogP contribution in [-0.4, -0.2) is 5.66 Å². The average molecular weight is 262 g/mol. The van der Waals surface area contributed by atoms with Crippen LogP contribution in [0.25, 0.3) is 16.7 Å². The Morgan fingerprint density at radius 1 is 0.800 bits per heavy atom. The molecular weight excluding hydrogens is 244 g/mol. The van der Waals surface area contributed by atoms with Crippen molar-refractivity contribution in [3.8, 4) is 11.1 Å². The van der Waals surface area contributed by atoms with Gasteiger partial charge in [-0.3, -0.25) is 0 Å². The van der Waals surface area contributed by atoms with Crippen molar-refractivity contribution in [2.45, 2.75) is 12.1 Å². The number of allylic oxidation sites excluding steroid dienone is 2. The van der Waals surface area contributed by atoms with E-state index in [1.165, 1.54) is 22.3 Å². The molecule has 1 aliphatic carbocycles. The fraction of sp³-hybridized carbons (Fsp3) is 0.111. The van der Waals surface area contributed by atoms with Crippen LogP contribution < -0.4 is 11.5 Å². The number of rotatable bonds is 2. The highest BCUT2D eigenvalue weighted by Gasteiger charge is 2.22. The molecule has 3 rings (SSSR count). The van der Waals surface area contributed by atoms with Gasteiger partial charge in [-0.2, -0.15) is 0 Å². The van der Waals surface area contributed by atoms with Crippen LogP contribution in [0.1, 0.15) is 12.0 Å². The van der Waals surface area contributed by atoms with Crippen molar-refractivity contribution in [3.63, 3.8) is 0 Å². The van der Waals surface area contributed by atoms with E-state index in [4.69, 9.17) is 11.5 Å². The van der Waals surface area contributed by atoms with Gasteiger partial charge < -0.3 is 11.5 Å². The smallest absolute Gasteiger partial charge is 0.0872 e. The first-order valence-corrected chi connectivity index (χ1v) is 6.77. The lowest BCUT2D eigenvalue weighted by Gasteiger charge is -2.26. The van der Waals surface area contributed by atoms with Gasteiger partial charge >= 0.3 is 0 Å². The fourth-order valence-electron chi connectivity index (χ4n) is 2.61. The quantitative estimate of drug-likeness (QED) is 0.816. The summed E-state index contributed by atoms with van der Waals surface area (Å²) in [6.07, 6.45) is 6.54. The molecular formula is C18H18N2. The molecule has 0 aliphatic heterocycles. The molecule has 2 nitrogen and oxygen atoms in total. The summed E-state index contributed by atoms with van der Waals surface area (Å²) in [6.45, 7) is 0. The van der Waals surface area contributed by atoms with Gasteiger partial charge in [0.15, 0.2) is 0 Å². The Morgan fingerprint density at radius 2 is 1.45 bits per heavy atom. The summed E-state index contributed by atoms with van der Waals surface area (Å²) in [7, 11) is 0. The third kappa shape index (κ3) is 2.57. The third-order valence-electron chi connectivity index (χ3n) is 3.56. The second-order valence-corrected chi connectivity index (χ2v) is 5.25. The summed E-state index contributed by atoms with van der Waals surface area (Å²) in [6, 6.07) is 18.8. The van der Waals surface area contributed by atoms with Gasteiger partial charge in [0.05, 0.1) is 5.66 Å². The highest BCUT2D eigenvalue weighted by Crippen LogP contribution is 2.33.